The molecule has 4 aliphatic rings. The van der Waals surface area contributed by atoms with Crippen LogP contribution in [0.15, 0.2) is 169 Å². The van der Waals surface area contributed by atoms with Gasteiger partial charge in [0.15, 0.2) is 5.60 Å². The quantitative estimate of drug-likeness (QED) is 0.0690. The van der Waals surface area contributed by atoms with Crippen LogP contribution in [0.3, 0.4) is 0 Å². The summed E-state index contributed by atoms with van der Waals surface area (Å²) >= 11 is 0. The number of aliphatic hydroxyl groups is 1. The van der Waals surface area contributed by atoms with Crippen LogP contribution in [0.25, 0.3) is 27.6 Å². The Kier molecular flexibility index (Phi) is 16.4. The summed E-state index contributed by atoms with van der Waals surface area (Å²) in [4.78, 5) is 29.4. The molecule has 2 unspecified atom stereocenters. The number of rotatable bonds is 12. The molecule has 11 heteroatoms. The molecule has 7 aromatic rings. The van der Waals surface area contributed by atoms with Crippen LogP contribution in [-0.4, -0.2) is 75.8 Å². The number of phenolic OH excluding ortho intramolecular Hbond substituents is 1. The molecule has 2 saturated heterocycles. The number of terminal acetylenes is 1. The highest BCUT2D eigenvalue weighted by molar-refractivity contribution is 6.04. The van der Waals surface area contributed by atoms with E-state index in [2.05, 4.69) is 64.3 Å². The van der Waals surface area contributed by atoms with Gasteiger partial charge in [0.1, 0.15) is 40.7 Å². The van der Waals surface area contributed by atoms with E-state index in [1.807, 2.05) is 79.7 Å². The van der Waals surface area contributed by atoms with Crippen molar-refractivity contribution in [3.8, 4) is 35.3 Å². The fourth-order valence-electron chi connectivity index (χ4n) is 10.2. The largest absolute Gasteiger partial charge is 0.507 e. The minimum atomic E-state index is -1.39. The molecule has 0 saturated carbocycles. The third-order valence-electron chi connectivity index (χ3n) is 14.3. The Morgan fingerprint density at radius 2 is 1.27 bits per heavy atom. The molecule has 2 atom stereocenters. The van der Waals surface area contributed by atoms with Crippen LogP contribution in [0.4, 0.5) is 11.4 Å². The van der Waals surface area contributed by atoms with Crippen LogP contribution < -0.4 is 24.0 Å². The van der Waals surface area contributed by atoms with Gasteiger partial charge in [-0.1, -0.05) is 60.5 Å². The number of carbonyl (C=O) groups is 2. The SMILES string of the molecule is C#CC(O)(C1=CC=[C+]C=C1)c1ccc(N2CCCC2)cc1.CCOC(=O)c1cc(O)c2ccc(OC)cc2c1.CCOC(=O)c1cc2cc(OC)ccc2c2c1C=CC(c1ccccc1)(c1ccc(N3CCCC3)cc1)O2. The lowest BCUT2D eigenvalue weighted by molar-refractivity contribution is 0.0516. The summed E-state index contributed by atoms with van der Waals surface area (Å²) in [5.74, 6) is 3.80. The molecule has 0 radical (unpaired) electrons. The van der Waals surface area contributed by atoms with Crippen molar-refractivity contribution < 1.29 is 43.5 Å². The Hall–Kier alpha value is -8.81. The number of fused-ring (bicyclic) bond motifs is 4. The van der Waals surface area contributed by atoms with E-state index >= 15 is 0 Å². The van der Waals surface area contributed by atoms with Crippen molar-refractivity contribution in [3.05, 3.63) is 209 Å². The lowest BCUT2D eigenvalue weighted by atomic mass is 9.82. The average molecular weight is 1030 g/mol. The monoisotopic (exact) mass is 1030 g/mol. The van der Waals surface area contributed by atoms with Crippen molar-refractivity contribution in [2.45, 2.75) is 50.7 Å². The van der Waals surface area contributed by atoms with Crippen molar-refractivity contribution in [3.63, 3.8) is 0 Å². The van der Waals surface area contributed by atoms with Crippen LogP contribution in [0.2, 0.25) is 0 Å². The second-order valence-electron chi connectivity index (χ2n) is 18.9. The molecule has 77 heavy (non-hydrogen) atoms. The standard InChI is InChI=1S/C33H31NO4.C19H18NO.C14H14O4/c1-3-37-32(35)30-22-23-21-27(36-2)15-16-28(23)31-29(30)17-18-33(38-31,24-9-5-4-6-10-24)25-11-13-26(14-12-25)34-19-7-8-20-34;1-2-19(21,16-8-4-3-5-9-16)17-10-12-18(13-11-17)20-14-6-7-15-20;1-3-18-14(16)10-6-9-7-11(17-2)4-5-12(9)13(15)8-10/h4-6,9-18,21-22H,3,7-8,19-20H2,1-2H3;1,4-5,8-13,21H,6-7,14-15H2;4-8,15H,3H2,1-2H3/q;+1;. The minimum Gasteiger partial charge on any atom is -0.507 e. The highest BCUT2D eigenvalue weighted by Crippen LogP contribution is 2.47. The number of esters is 2. The Morgan fingerprint density at radius 1 is 0.701 bits per heavy atom. The second-order valence-corrected chi connectivity index (χ2v) is 18.9. The summed E-state index contributed by atoms with van der Waals surface area (Å²) in [5.41, 5.74) is 5.15. The van der Waals surface area contributed by atoms with E-state index in [9.17, 15) is 19.8 Å². The van der Waals surface area contributed by atoms with E-state index in [0.717, 1.165) is 64.6 Å². The summed E-state index contributed by atoms with van der Waals surface area (Å²) in [5, 5.41) is 23.9. The molecule has 390 valence electrons. The molecule has 0 spiro atoms. The van der Waals surface area contributed by atoms with Gasteiger partial charge >= 0.3 is 11.9 Å². The molecule has 3 heterocycles. The van der Waals surface area contributed by atoms with Crippen LogP contribution >= 0.6 is 0 Å². The van der Waals surface area contributed by atoms with E-state index in [4.69, 9.17) is 30.1 Å². The number of aromatic hydroxyl groups is 1. The highest BCUT2D eigenvalue weighted by atomic mass is 16.5. The van der Waals surface area contributed by atoms with Crippen molar-refractivity contribution in [1.82, 2.24) is 0 Å². The third kappa shape index (κ3) is 11.3. The van der Waals surface area contributed by atoms with E-state index < -0.39 is 17.2 Å². The average Bonchev–Trinajstić information content (AvgIpc) is 4.26. The van der Waals surface area contributed by atoms with Gasteiger partial charge in [0.25, 0.3) is 0 Å². The molecule has 0 amide bonds. The van der Waals surface area contributed by atoms with Gasteiger partial charge in [0, 0.05) is 76.7 Å². The van der Waals surface area contributed by atoms with Gasteiger partial charge in [0.05, 0.1) is 50.7 Å². The Morgan fingerprint density at radius 3 is 1.84 bits per heavy atom. The van der Waals surface area contributed by atoms with Gasteiger partial charge in [-0.2, -0.15) is 0 Å². The zero-order chi connectivity index (χ0) is 53.9. The number of ether oxygens (including phenoxy) is 5. The number of methoxy groups -OCH3 is 2. The van der Waals surface area contributed by atoms with Crippen molar-refractivity contribution in [1.29, 1.82) is 0 Å². The predicted octanol–water partition coefficient (Wildman–Crippen LogP) is 12.7. The smallest absolute Gasteiger partial charge is 0.338 e. The zero-order valence-electron chi connectivity index (χ0n) is 44.0. The molecule has 0 bridgehead atoms. The summed E-state index contributed by atoms with van der Waals surface area (Å²) in [6.07, 6.45) is 24.7. The van der Waals surface area contributed by atoms with Crippen LogP contribution in [0.1, 0.15) is 82.5 Å². The topological polar surface area (TPSA) is 127 Å². The minimum absolute atomic E-state index is 0.0539. The fraction of sp³-hybridized carbons (Fsp3) is 0.242. The Balaban J connectivity index is 0.000000156. The lowest BCUT2D eigenvalue weighted by Crippen LogP contribution is -2.34. The summed E-state index contributed by atoms with van der Waals surface area (Å²) in [7, 11) is 3.20. The molecule has 3 aliphatic heterocycles. The summed E-state index contributed by atoms with van der Waals surface area (Å²) in [6.45, 7) is 8.55. The number of hydrogen-bond donors (Lipinski definition) is 2. The van der Waals surface area contributed by atoms with E-state index in [0.29, 0.717) is 52.5 Å². The van der Waals surface area contributed by atoms with Crippen molar-refractivity contribution in [2.75, 3.05) is 63.4 Å². The van der Waals surface area contributed by atoms with Crippen molar-refractivity contribution >= 4 is 50.9 Å². The molecule has 7 aromatic carbocycles. The van der Waals surface area contributed by atoms with Gasteiger partial charge in [-0.25, -0.2) is 9.59 Å². The first kappa shape index (κ1) is 53.0. The number of benzene rings is 7. The zero-order valence-corrected chi connectivity index (χ0v) is 44.0. The molecule has 1 aliphatic carbocycles. The Bertz CT molecular complexity index is 3420. The third-order valence-corrected chi connectivity index (χ3v) is 14.3. The maximum absolute atomic E-state index is 13.0. The number of anilines is 2. The summed E-state index contributed by atoms with van der Waals surface area (Å²) in [6, 6.07) is 42.9. The molecule has 0 aromatic heterocycles. The second kappa shape index (κ2) is 23.8. The fourth-order valence-corrected chi connectivity index (χ4v) is 10.2. The molecular formula is C66H63N2O9+. The van der Waals surface area contributed by atoms with E-state index in [1.165, 1.54) is 43.1 Å². The molecule has 2 N–H and O–H groups in total. The summed E-state index contributed by atoms with van der Waals surface area (Å²) < 4.78 is 28.0. The van der Waals surface area contributed by atoms with Crippen molar-refractivity contribution in [2.24, 2.45) is 0 Å². The maximum atomic E-state index is 13.0. The highest BCUT2D eigenvalue weighted by Gasteiger charge is 2.39. The number of allylic oxidation sites excluding steroid dienone is 4. The van der Waals surface area contributed by atoms with E-state index in [1.54, 1.807) is 69.7 Å². The van der Waals surface area contributed by atoms with Gasteiger partial charge in [-0.05, 0) is 141 Å². The van der Waals surface area contributed by atoms with Gasteiger partial charge in [-0.3, -0.25) is 0 Å². The van der Waals surface area contributed by atoms with Crippen LogP contribution in [0.5, 0.6) is 23.0 Å². The normalized spacial score (nSPS) is 16.8. The Labute approximate surface area is 450 Å². The molecule has 11 nitrogen and oxygen atoms in total. The number of nitrogens with zero attached hydrogens (tertiary/aromatic N) is 2. The first-order valence-corrected chi connectivity index (χ1v) is 26.1. The van der Waals surface area contributed by atoms with Gasteiger partial charge in [-0.15, -0.1) is 6.42 Å². The number of carbonyl (C=O) groups excluding carboxylic acids is 2. The molecular weight excluding hydrogens is 965 g/mol. The first-order valence-electron chi connectivity index (χ1n) is 26.1. The van der Waals surface area contributed by atoms with Gasteiger partial charge in [0.2, 0.25) is 5.60 Å². The number of hydrogen-bond acceptors (Lipinski definition) is 11. The van der Waals surface area contributed by atoms with Crippen LogP contribution in [-0.2, 0) is 20.7 Å². The van der Waals surface area contributed by atoms with E-state index in [-0.39, 0.29) is 11.7 Å². The lowest BCUT2D eigenvalue weighted by Gasteiger charge is -2.37. The maximum Gasteiger partial charge on any atom is 0.338 e. The number of phenols is 1. The van der Waals surface area contributed by atoms with Crippen LogP contribution in [0, 0.1) is 18.4 Å². The molecule has 11 rings (SSSR count). The molecule has 2 fully saturated rings. The van der Waals surface area contributed by atoms with Gasteiger partial charge < -0.3 is 43.7 Å². The first-order chi connectivity index (χ1) is 37.5. The predicted molar refractivity (Wildman–Crippen MR) is 305 cm³/mol.